The first-order chi connectivity index (χ1) is 9.49. The summed E-state index contributed by atoms with van der Waals surface area (Å²) < 4.78 is 0. The van der Waals surface area contributed by atoms with Gasteiger partial charge in [-0.15, -0.1) is 0 Å². The molecule has 0 atom stereocenters. The lowest BCUT2D eigenvalue weighted by atomic mass is 9.85. The van der Waals surface area contributed by atoms with Crippen molar-refractivity contribution in [1.29, 1.82) is 0 Å². The van der Waals surface area contributed by atoms with Crippen LogP contribution in [0.3, 0.4) is 0 Å². The number of pyridine rings is 1. The van der Waals surface area contributed by atoms with Crippen LogP contribution in [0.4, 0.5) is 0 Å². The number of carboxylic acid groups (broad SMARTS) is 1. The molecule has 1 saturated carbocycles. The van der Waals surface area contributed by atoms with Gasteiger partial charge in [0.25, 0.3) is 5.91 Å². The molecule has 20 heavy (non-hydrogen) atoms. The number of aromatic nitrogens is 1. The van der Waals surface area contributed by atoms with E-state index in [1.165, 1.54) is 37.6 Å². The minimum atomic E-state index is -1.08. The first kappa shape index (κ1) is 14.5. The zero-order valence-electron chi connectivity index (χ0n) is 11.9. The van der Waals surface area contributed by atoms with Crippen LogP contribution in [0.1, 0.15) is 54.0 Å². The van der Waals surface area contributed by atoms with Gasteiger partial charge in [-0.1, -0.05) is 6.42 Å². The molecule has 1 heterocycles. The van der Waals surface area contributed by atoms with Gasteiger partial charge < -0.3 is 10.0 Å². The SMILES string of the molecule is CC(C)N(CC1CCC1)C(=O)c1ccc(C(=O)O)nc1. The normalized spacial score (nSPS) is 14.9. The van der Waals surface area contributed by atoms with Crippen LogP contribution < -0.4 is 0 Å². The largest absolute Gasteiger partial charge is 0.477 e. The van der Waals surface area contributed by atoms with Gasteiger partial charge in [0.2, 0.25) is 0 Å². The first-order valence-corrected chi connectivity index (χ1v) is 6.99. The standard InChI is InChI=1S/C15H20N2O3/c1-10(2)17(9-11-4-3-5-11)14(18)12-6-7-13(15(19)20)16-8-12/h6-8,10-11H,3-5,9H2,1-2H3,(H,19,20). The van der Waals surface area contributed by atoms with Crippen LogP contribution in [0.5, 0.6) is 0 Å². The van der Waals surface area contributed by atoms with E-state index in [0.717, 1.165) is 6.54 Å². The fraction of sp³-hybridized carbons (Fsp3) is 0.533. The summed E-state index contributed by atoms with van der Waals surface area (Å²) in [6, 6.07) is 3.04. The molecule has 0 aliphatic heterocycles. The summed E-state index contributed by atoms with van der Waals surface area (Å²) in [4.78, 5) is 28.9. The molecule has 1 aromatic heterocycles. The van der Waals surface area contributed by atoms with Gasteiger partial charge in [-0.3, -0.25) is 4.79 Å². The summed E-state index contributed by atoms with van der Waals surface area (Å²) in [5, 5.41) is 8.81. The van der Waals surface area contributed by atoms with E-state index < -0.39 is 5.97 Å². The van der Waals surface area contributed by atoms with Gasteiger partial charge in [0.15, 0.2) is 0 Å². The predicted octanol–water partition coefficient (Wildman–Crippen LogP) is 2.43. The number of amides is 1. The summed E-state index contributed by atoms with van der Waals surface area (Å²) in [7, 11) is 0. The van der Waals surface area contributed by atoms with E-state index in [-0.39, 0.29) is 17.6 Å². The molecule has 0 saturated heterocycles. The Balaban J connectivity index is 2.11. The van der Waals surface area contributed by atoms with Crippen molar-refractivity contribution in [2.75, 3.05) is 6.54 Å². The van der Waals surface area contributed by atoms with Crippen LogP contribution in [0, 0.1) is 5.92 Å². The quantitative estimate of drug-likeness (QED) is 0.896. The number of carbonyl (C=O) groups is 2. The molecule has 0 unspecified atom stereocenters. The van der Waals surface area contributed by atoms with Crippen LogP contribution >= 0.6 is 0 Å². The number of nitrogens with zero attached hydrogens (tertiary/aromatic N) is 2. The molecule has 0 radical (unpaired) electrons. The van der Waals surface area contributed by atoms with Crippen LogP contribution in [0.2, 0.25) is 0 Å². The Morgan fingerprint density at radius 3 is 2.50 bits per heavy atom. The fourth-order valence-corrected chi connectivity index (χ4v) is 2.29. The van der Waals surface area contributed by atoms with E-state index in [1.54, 1.807) is 0 Å². The van der Waals surface area contributed by atoms with Crippen LogP contribution in [-0.4, -0.2) is 39.5 Å². The van der Waals surface area contributed by atoms with Crippen LogP contribution in [-0.2, 0) is 0 Å². The zero-order valence-corrected chi connectivity index (χ0v) is 11.9. The number of carbonyl (C=O) groups excluding carboxylic acids is 1. The summed E-state index contributed by atoms with van der Waals surface area (Å²) in [6.45, 7) is 4.77. The molecule has 2 rings (SSSR count). The van der Waals surface area contributed by atoms with Crippen LogP contribution in [0.15, 0.2) is 18.3 Å². The number of hydrogen-bond donors (Lipinski definition) is 1. The molecule has 0 aromatic carbocycles. The Bertz CT molecular complexity index is 492. The second kappa shape index (κ2) is 6.03. The highest BCUT2D eigenvalue weighted by atomic mass is 16.4. The molecule has 1 amide bonds. The smallest absolute Gasteiger partial charge is 0.354 e. The van der Waals surface area contributed by atoms with Crippen molar-refractivity contribution >= 4 is 11.9 Å². The highest BCUT2D eigenvalue weighted by Gasteiger charge is 2.26. The summed E-state index contributed by atoms with van der Waals surface area (Å²) >= 11 is 0. The molecule has 5 nitrogen and oxygen atoms in total. The van der Waals surface area contributed by atoms with E-state index in [0.29, 0.717) is 11.5 Å². The lowest BCUT2D eigenvalue weighted by Gasteiger charge is -2.34. The number of carboxylic acids is 1. The lowest BCUT2D eigenvalue weighted by molar-refractivity contribution is 0.0628. The van der Waals surface area contributed by atoms with Crippen molar-refractivity contribution in [2.45, 2.75) is 39.2 Å². The van der Waals surface area contributed by atoms with Crippen molar-refractivity contribution in [1.82, 2.24) is 9.88 Å². The maximum atomic E-state index is 12.5. The second-order valence-electron chi connectivity index (χ2n) is 5.59. The van der Waals surface area contributed by atoms with Gasteiger partial charge in [0.05, 0.1) is 5.56 Å². The van der Waals surface area contributed by atoms with E-state index in [4.69, 9.17) is 5.11 Å². The third kappa shape index (κ3) is 3.15. The third-order valence-electron chi connectivity index (χ3n) is 3.79. The minimum Gasteiger partial charge on any atom is -0.477 e. The molecule has 108 valence electrons. The fourth-order valence-electron chi connectivity index (χ4n) is 2.29. The molecule has 1 aromatic rings. The van der Waals surface area contributed by atoms with E-state index in [2.05, 4.69) is 4.98 Å². The highest BCUT2D eigenvalue weighted by molar-refractivity contribution is 5.95. The van der Waals surface area contributed by atoms with Gasteiger partial charge in [0.1, 0.15) is 5.69 Å². The maximum absolute atomic E-state index is 12.5. The highest BCUT2D eigenvalue weighted by Crippen LogP contribution is 2.28. The molecule has 0 spiro atoms. The Hall–Kier alpha value is -1.91. The average Bonchev–Trinajstić information content (AvgIpc) is 2.36. The molecule has 1 aliphatic carbocycles. The summed E-state index contributed by atoms with van der Waals surface area (Å²) in [5.41, 5.74) is 0.402. The molecule has 1 aliphatic rings. The topological polar surface area (TPSA) is 70.5 Å². The second-order valence-corrected chi connectivity index (χ2v) is 5.59. The number of aromatic carboxylic acids is 1. The van der Waals surface area contributed by atoms with Gasteiger partial charge in [-0.2, -0.15) is 0 Å². The maximum Gasteiger partial charge on any atom is 0.354 e. The lowest BCUT2D eigenvalue weighted by Crippen LogP contribution is -2.41. The van der Waals surface area contributed by atoms with Crippen molar-refractivity contribution < 1.29 is 14.7 Å². The molecule has 5 heteroatoms. The van der Waals surface area contributed by atoms with Crippen molar-refractivity contribution in [3.05, 3.63) is 29.6 Å². The predicted molar refractivity (Wildman–Crippen MR) is 74.7 cm³/mol. The molecule has 0 bridgehead atoms. The van der Waals surface area contributed by atoms with Gasteiger partial charge in [-0.05, 0) is 44.7 Å². The summed E-state index contributed by atoms with van der Waals surface area (Å²) in [5.74, 6) is -0.553. The van der Waals surface area contributed by atoms with Crippen molar-refractivity contribution in [2.24, 2.45) is 5.92 Å². The first-order valence-electron chi connectivity index (χ1n) is 6.99. The monoisotopic (exact) mass is 276 g/mol. The Labute approximate surface area is 118 Å². The van der Waals surface area contributed by atoms with Crippen molar-refractivity contribution in [3.63, 3.8) is 0 Å². The number of rotatable bonds is 5. The molecule has 1 fully saturated rings. The zero-order chi connectivity index (χ0) is 14.7. The molecule has 1 N–H and O–H groups in total. The molecular formula is C15H20N2O3. The van der Waals surface area contributed by atoms with Gasteiger partial charge in [-0.25, -0.2) is 9.78 Å². The summed E-state index contributed by atoms with van der Waals surface area (Å²) in [6.07, 6.45) is 4.97. The van der Waals surface area contributed by atoms with Crippen LogP contribution in [0.25, 0.3) is 0 Å². The van der Waals surface area contributed by atoms with E-state index in [1.807, 2.05) is 18.7 Å². The molecular weight excluding hydrogens is 256 g/mol. The van der Waals surface area contributed by atoms with E-state index >= 15 is 0 Å². The minimum absolute atomic E-state index is 0.0448. The third-order valence-corrected chi connectivity index (χ3v) is 3.79. The Morgan fingerprint density at radius 1 is 1.40 bits per heavy atom. The number of hydrogen-bond acceptors (Lipinski definition) is 3. The van der Waals surface area contributed by atoms with Gasteiger partial charge >= 0.3 is 5.97 Å². The van der Waals surface area contributed by atoms with Crippen molar-refractivity contribution in [3.8, 4) is 0 Å². The van der Waals surface area contributed by atoms with Gasteiger partial charge in [0, 0.05) is 18.8 Å². The average molecular weight is 276 g/mol. The Kier molecular flexibility index (Phi) is 4.37. The van der Waals surface area contributed by atoms with E-state index in [9.17, 15) is 9.59 Å². The Morgan fingerprint density at radius 2 is 2.10 bits per heavy atom.